The van der Waals surface area contributed by atoms with Crippen LogP contribution in [0, 0.1) is 0 Å². The fourth-order valence-electron chi connectivity index (χ4n) is 3.50. The zero-order chi connectivity index (χ0) is 15.5. The number of carbonyl (C=O) groups is 1. The number of nitrogens with zero attached hydrogens (tertiary/aromatic N) is 1. The van der Waals surface area contributed by atoms with E-state index in [-0.39, 0.29) is 6.10 Å². The molecule has 0 unspecified atom stereocenters. The van der Waals surface area contributed by atoms with Gasteiger partial charge >= 0.3 is 6.09 Å². The van der Waals surface area contributed by atoms with Crippen LogP contribution in [-0.2, 0) is 0 Å². The molecular formula is C17H22ClNO3. The van der Waals surface area contributed by atoms with Gasteiger partial charge in [-0.1, -0.05) is 24.4 Å². The number of piperidine rings is 1. The normalized spacial score (nSPS) is 20.3. The van der Waals surface area contributed by atoms with Crippen molar-refractivity contribution in [3.05, 3.63) is 28.8 Å². The lowest BCUT2D eigenvalue weighted by Crippen LogP contribution is -2.41. The molecule has 2 aliphatic rings. The summed E-state index contributed by atoms with van der Waals surface area (Å²) in [5.74, 6) is 1.42. The summed E-state index contributed by atoms with van der Waals surface area (Å²) in [5.41, 5.74) is 1.21. The van der Waals surface area contributed by atoms with Gasteiger partial charge in [0.2, 0.25) is 0 Å². The average Bonchev–Trinajstić information content (AvgIpc) is 3.04. The molecule has 5 heteroatoms. The highest BCUT2D eigenvalue weighted by atomic mass is 35.5. The van der Waals surface area contributed by atoms with Gasteiger partial charge in [0.25, 0.3) is 0 Å². The Kier molecular flexibility index (Phi) is 4.77. The summed E-state index contributed by atoms with van der Waals surface area (Å²) in [4.78, 5) is 12.4. The third kappa shape index (κ3) is 3.49. The maximum Gasteiger partial charge on any atom is 0.407 e. The zero-order valence-electron chi connectivity index (χ0n) is 12.6. The Balaban J connectivity index is 1.63. The summed E-state index contributed by atoms with van der Waals surface area (Å²) in [5, 5.41) is 9.81. The molecule has 1 saturated heterocycles. The number of ether oxygens (including phenoxy) is 1. The molecular weight excluding hydrogens is 302 g/mol. The Hall–Kier alpha value is -1.42. The Bertz CT molecular complexity index is 535. The molecule has 3 rings (SSSR count). The third-order valence-electron chi connectivity index (χ3n) is 4.78. The van der Waals surface area contributed by atoms with E-state index in [2.05, 4.69) is 6.07 Å². The molecule has 22 heavy (non-hydrogen) atoms. The Morgan fingerprint density at radius 1 is 1.18 bits per heavy atom. The number of carboxylic acid groups (broad SMARTS) is 1. The van der Waals surface area contributed by atoms with Crippen LogP contribution in [0.5, 0.6) is 5.75 Å². The number of halogens is 1. The quantitative estimate of drug-likeness (QED) is 0.889. The van der Waals surface area contributed by atoms with E-state index in [1.807, 2.05) is 12.1 Å². The number of rotatable bonds is 3. The van der Waals surface area contributed by atoms with Gasteiger partial charge in [0.05, 0.1) is 0 Å². The van der Waals surface area contributed by atoms with Crippen molar-refractivity contribution in [2.75, 3.05) is 13.1 Å². The van der Waals surface area contributed by atoms with Crippen molar-refractivity contribution in [3.8, 4) is 5.75 Å². The third-order valence-corrected chi connectivity index (χ3v) is 5.12. The van der Waals surface area contributed by atoms with Gasteiger partial charge < -0.3 is 14.7 Å². The molecule has 0 aromatic heterocycles. The van der Waals surface area contributed by atoms with Crippen LogP contribution in [0.15, 0.2) is 18.2 Å². The second kappa shape index (κ2) is 6.78. The molecule has 0 radical (unpaired) electrons. The first-order valence-electron chi connectivity index (χ1n) is 8.07. The van der Waals surface area contributed by atoms with E-state index >= 15 is 0 Å². The van der Waals surface area contributed by atoms with E-state index in [0.29, 0.717) is 19.0 Å². The molecule has 1 saturated carbocycles. The van der Waals surface area contributed by atoms with E-state index in [4.69, 9.17) is 21.4 Å². The smallest absolute Gasteiger partial charge is 0.407 e. The maximum atomic E-state index is 10.9. The van der Waals surface area contributed by atoms with Crippen LogP contribution < -0.4 is 4.74 Å². The second-order valence-electron chi connectivity index (χ2n) is 6.25. The fourth-order valence-corrected chi connectivity index (χ4v) is 3.77. The van der Waals surface area contributed by atoms with E-state index < -0.39 is 6.09 Å². The predicted octanol–water partition coefficient (Wildman–Crippen LogP) is 4.52. The lowest BCUT2D eigenvalue weighted by atomic mass is 9.97. The lowest BCUT2D eigenvalue weighted by Gasteiger charge is -2.30. The second-order valence-corrected chi connectivity index (χ2v) is 6.66. The van der Waals surface area contributed by atoms with Crippen LogP contribution in [0.3, 0.4) is 0 Å². The molecule has 1 aliphatic carbocycles. The van der Waals surface area contributed by atoms with Crippen molar-refractivity contribution >= 4 is 17.7 Å². The molecule has 1 aliphatic heterocycles. The van der Waals surface area contributed by atoms with Crippen LogP contribution in [0.25, 0.3) is 0 Å². The highest BCUT2D eigenvalue weighted by Gasteiger charge is 2.24. The Morgan fingerprint density at radius 3 is 2.50 bits per heavy atom. The fraction of sp³-hybridized carbons (Fsp3) is 0.588. The molecule has 2 fully saturated rings. The van der Waals surface area contributed by atoms with Crippen LogP contribution >= 0.6 is 11.6 Å². The van der Waals surface area contributed by atoms with Gasteiger partial charge in [-0.2, -0.15) is 0 Å². The molecule has 4 nitrogen and oxygen atoms in total. The van der Waals surface area contributed by atoms with Gasteiger partial charge in [0, 0.05) is 31.0 Å². The summed E-state index contributed by atoms with van der Waals surface area (Å²) in [6, 6.07) is 5.93. The first-order chi connectivity index (χ1) is 10.6. The predicted molar refractivity (Wildman–Crippen MR) is 85.9 cm³/mol. The summed E-state index contributed by atoms with van der Waals surface area (Å²) < 4.78 is 6.06. The van der Waals surface area contributed by atoms with Gasteiger partial charge in [-0.15, -0.1) is 0 Å². The van der Waals surface area contributed by atoms with Crippen molar-refractivity contribution in [1.82, 2.24) is 4.90 Å². The first kappa shape index (κ1) is 15.5. The van der Waals surface area contributed by atoms with Crippen LogP contribution in [0.1, 0.15) is 50.0 Å². The SMILES string of the molecule is O=C(O)N1CCC(Oc2ccc(Cl)c(C3CCCC3)c2)CC1. The minimum atomic E-state index is -0.839. The Labute approximate surface area is 136 Å². The average molecular weight is 324 g/mol. The van der Waals surface area contributed by atoms with Crippen molar-refractivity contribution in [2.45, 2.75) is 50.5 Å². The molecule has 1 heterocycles. The maximum absolute atomic E-state index is 10.9. The van der Waals surface area contributed by atoms with Gasteiger partial charge in [-0.05, 0) is 42.5 Å². The highest BCUT2D eigenvalue weighted by molar-refractivity contribution is 6.31. The summed E-state index contributed by atoms with van der Waals surface area (Å²) in [6.07, 6.45) is 5.71. The first-order valence-corrected chi connectivity index (χ1v) is 8.45. The monoisotopic (exact) mass is 323 g/mol. The number of hydrogen-bond donors (Lipinski definition) is 1. The number of amides is 1. The van der Waals surface area contributed by atoms with Crippen LogP contribution in [0.2, 0.25) is 5.02 Å². The molecule has 0 bridgehead atoms. The van der Waals surface area contributed by atoms with Crippen molar-refractivity contribution in [2.24, 2.45) is 0 Å². The molecule has 0 atom stereocenters. The van der Waals surface area contributed by atoms with Crippen LogP contribution in [0.4, 0.5) is 4.79 Å². The van der Waals surface area contributed by atoms with Gasteiger partial charge in [-0.25, -0.2) is 4.79 Å². The lowest BCUT2D eigenvalue weighted by molar-refractivity contribution is 0.0894. The van der Waals surface area contributed by atoms with E-state index in [1.165, 1.54) is 36.1 Å². The van der Waals surface area contributed by atoms with E-state index in [9.17, 15) is 4.79 Å². The molecule has 120 valence electrons. The molecule has 1 N–H and O–H groups in total. The van der Waals surface area contributed by atoms with Crippen molar-refractivity contribution in [3.63, 3.8) is 0 Å². The largest absolute Gasteiger partial charge is 0.490 e. The van der Waals surface area contributed by atoms with E-state index in [1.54, 1.807) is 0 Å². The van der Waals surface area contributed by atoms with Crippen LogP contribution in [-0.4, -0.2) is 35.3 Å². The highest BCUT2D eigenvalue weighted by Crippen LogP contribution is 2.39. The number of likely N-dealkylation sites (tertiary alicyclic amines) is 1. The number of benzene rings is 1. The van der Waals surface area contributed by atoms with Crippen molar-refractivity contribution in [1.29, 1.82) is 0 Å². The molecule has 1 aromatic rings. The minimum absolute atomic E-state index is 0.0909. The number of hydrogen-bond acceptors (Lipinski definition) is 2. The molecule has 0 spiro atoms. The van der Waals surface area contributed by atoms with Crippen molar-refractivity contribution < 1.29 is 14.6 Å². The topological polar surface area (TPSA) is 49.8 Å². The van der Waals surface area contributed by atoms with Gasteiger partial charge in [-0.3, -0.25) is 0 Å². The summed E-state index contributed by atoms with van der Waals surface area (Å²) in [7, 11) is 0. The minimum Gasteiger partial charge on any atom is -0.490 e. The standard InChI is InChI=1S/C17H22ClNO3/c18-16-6-5-14(11-15(16)12-3-1-2-4-12)22-13-7-9-19(10-8-13)17(20)21/h5-6,11-13H,1-4,7-10H2,(H,20,21). The van der Waals surface area contributed by atoms with Gasteiger partial charge in [0.1, 0.15) is 11.9 Å². The summed E-state index contributed by atoms with van der Waals surface area (Å²) in [6.45, 7) is 1.09. The van der Waals surface area contributed by atoms with Gasteiger partial charge in [0.15, 0.2) is 0 Å². The summed E-state index contributed by atoms with van der Waals surface area (Å²) >= 11 is 6.35. The Morgan fingerprint density at radius 2 is 1.86 bits per heavy atom. The zero-order valence-corrected chi connectivity index (χ0v) is 13.4. The van der Waals surface area contributed by atoms with E-state index in [0.717, 1.165) is 23.6 Å². The molecule has 1 amide bonds. The molecule has 1 aromatic carbocycles.